The quantitative estimate of drug-likeness (QED) is 0.860. The van der Waals surface area contributed by atoms with E-state index in [9.17, 15) is 4.79 Å². The fourth-order valence-corrected chi connectivity index (χ4v) is 2.53. The van der Waals surface area contributed by atoms with Crippen molar-refractivity contribution < 1.29 is 18.7 Å². The summed E-state index contributed by atoms with van der Waals surface area (Å²) in [6.07, 6.45) is 1.05. The fourth-order valence-electron chi connectivity index (χ4n) is 2.53. The summed E-state index contributed by atoms with van der Waals surface area (Å²) >= 11 is 0. The zero-order valence-electron chi connectivity index (χ0n) is 12.8. The molecule has 2 atom stereocenters. The van der Waals surface area contributed by atoms with Gasteiger partial charge in [0.05, 0.1) is 6.10 Å². The average molecular weight is 342 g/mol. The van der Waals surface area contributed by atoms with Gasteiger partial charge < -0.3 is 24.9 Å². The molecule has 0 aliphatic carbocycles. The Labute approximate surface area is 139 Å². The van der Waals surface area contributed by atoms with E-state index in [0.29, 0.717) is 42.3 Å². The summed E-state index contributed by atoms with van der Waals surface area (Å²) < 4.78 is 16.1. The lowest BCUT2D eigenvalue weighted by molar-refractivity contribution is -0.126. The van der Waals surface area contributed by atoms with Gasteiger partial charge in [-0.05, 0) is 31.0 Å². The number of halogens is 1. The zero-order valence-corrected chi connectivity index (χ0v) is 13.6. The van der Waals surface area contributed by atoms with Gasteiger partial charge in [0.25, 0.3) is 5.91 Å². The number of hydrogen-bond donors (Lipinski definition) is 2. The van der Waals surface area contributed by atoms with Crippen LogP contribution in [0.2, 0.25) is 0 Å². The van der Waals surface area contributed by atoms with Gasteiger partial charge in [-0.25, -0.2) is 4.98 Å². The Morgan fingerprint density at radius 3 is 3.00 bits per heavy atom. The first-order valence-corrected chi connectivity index (χ1v) is 7.24. The molecule has 1 aliphatic rings. The molecule has 3 N–H and O–H groups in total. The van der Waals surface area contributed by atoms with Crippen molar-refractivity contribution >= 4 is 35.1 Å². The number of nitrogens with zero attached hydrogens (tertiary/aromatic N) is 1. The Kier molecular flexibility index (Phi) is 5.95. The van der Waals surface area contributed by atoms with E-state index in [1.807, 2.05) is 0 Å². The Bertz CT molecular complexity index is 676. The number of rotatable bonds is 5. The summed E-state index contributed by atoms with van der Waals surface area (Å²) in [4.78, 5) is 16.5. The highest BCUT2D eigenvalue weighted by Gasteiger charge is 2.29. The Morgan fingerprint density at radius 1 is 1.48 bits per heavy atom. The molecule has 1 aromatic heterocycles. The topological polar surface area (TPSA) is 99.6 Å². The lowest BCUT2D eigenvalue weighted by Gasteiger charge is -2.12. The van der Waals surface area contributed by atoms with Crippen molar-refractivity contribution in [1.29, 1.82) is 0 Å². The third kappa shape index (κ3) is 4.00. The normalized spacial score (nSPS) is 20.4. The largest absolute Gasteiger partial charge is 0.438 e. The molecular formula is C15H20ClN3O4. The molecule has 1 fully saturated rings. The van der Waals surface area contributed by atoms with Crippen molar-refractivity contribution in [2.24, 2.45) is 5.73 Å². The molecule has 2 aromatic rings. The van der Waals surface area contributed by atoms with Crippen LogP contribution in [0.25, 0.3) is 11.1 Å². The van der Waals surface area contributed by atoms with E-state index in [-0.39, 0.29) is 24.4 Å². The van der Waals surface area contributed by atoms with E-state index >= 15 is 0 Å². The third-order valence-electron chi connectivity index (χ3n) is 3.63. The molecule has 7 nitrogen and oxygen atoms in total. The van der Waals surface area contributed by atoms with Gasteiger partial charge >= 0.3 is 0 Å². The van der Waals surface area contributed by atoms with Crippen LogP contribution in [-0.2, 0) is 20.9 Å². The number of fused-ring (bicyclic) bond motifs is 1. The van der Waals surface area contributed by atoms with Crippen molar-refractivity contribution in [3.05, 3.63) is 24.1 Å². The summed E-state index contributed by atoms with van der Waals surface area (Å²) in [7, 11) is 1.58. The molecule has 0 bridgehead atoms. The molecule has 1 saturated heterocycles. The van der Waals surface area contributed by atoms with E-state index in [4.69, 9.17) is 19.6 Å². The number of carbonyl (C=O) groups excluding carboxylic acids is 1. The lowest BCUT2D eigenvalue weighted by Crippen LogP contribution is -2.29. The number of methoxy groups -OCH3 is 1. The fraction of sp³-hybridized carbons (Fsp3) is 0.467. The van der Waals surface area contributed by atoms with Crippen molar-refractivity contribution in [1.82, 2.24) is 4.98 Å². The van der Waals surface area contributed by atoms with Crippen LogP contribution < -0.4 is 11.1 Å². The molecule has 126 valence electrons. The van der Waals surface area contributed by atoms with E-state index in [2.05, 4.69) is 10.3 Å². The van der Waals surface area contributed by atoms with Crippen LogP contribution in [0.5, 0.6) is 0 Å². The average Bonchev–Trinajstić information content (AvgIpc) is 3.13. The molecule has 1 amide bonds. The maximum atomic E-state index is 12.2. The SMILES string of the molecule is COCc1nc2cc(NC(=O)[C@@H]3CC[C@H](CN)O3)ccc2o1.Cl. The summed E-state index contributed by atoms with van der Waals surface area (Å²) in [6.45, 7) is 0.754. The molecule has 1 aliphatic heterocycles. The maximum Gasteiger partial charge on any atom is 0.253 e. The number of benzene rings is 1. The first-order chi connectivity index (χ1) is 10.7. The predicted octanol–water partition coefficient (Wildman–Crippen LogP) is 1.84. The number of anilines is 1. The molecule has 23 heavy (non-hydrogen) atoms. The van der Waals surface area contributed by atoms with Gasteiger partial charge in [0, 0.05) is 19.3 Å². The number of oxazole rings is 1. The molecule has 8 heteroatoms. The van der Waals surface area contributed by atoms with Gasteiger partial charge in [-0.15, -0.1) is 12.4 Å². The molecule has 0 unspecified atom stereocenters. The standard InChI is InChI=1S/C15H19N3O4.ClH/c1-20-8-14-18-11-6-9(2-4-12(11)22-14)17-15(19)13-5-3-10(7-16)21-13;/h2,4,6,10,13H,3,5,7-8,16H2,1H3,(H,17,19);1H/t10-,13+;/m1./s1. The van der Waals surface area contributed by atoms with Gasteiger partial charge in [-0.1, -0.05) is 0 Å². The summed E-state index contributed by atoms with van der Waals surface area (Å²) in [5, 5.41) is 2.84. The van der Waals surface area contributed by atoms with Crippen LogP contribution in [0.1, 0.15) is 18.7 Å². The Morgan fingerprint density at radius 2 is 2.30 bits per heavy atom. The van der Waals surface area contributed by atoms with Crippen molar-refractivity contribution in [2.45, 2.75) is 31.7 Å². The highest BCUT2D eigenvalue weighted by molar-refractivity contribution is 5.95. The molecular weight excluding hydrogens is 322 g/mol. The summed E-state index contributed by atoms with van der Waals surface area (Å²) in [5.74, 6) is 0.349. The predicted molar refractivity (Wildman–Crippen MR) is 87.5 cm³/mol. The van der Waals surface area contributed by atoms with Crippen molar-refractivity contribution in [3.8, 4) is 0 Å². The second-order valence-corrected chi connectivity index (χ2v) is 5.27. The number of nitrogens with two attached hydrogens (primary N) is 1. The van der Waals surface area contributed by atoms with Crippen LogP contribution in [0, 0.1) is 0 Å². The van der Waals surface area contributed by atoms with Gasteiger partial charge in [-0.3, -0.25) is 4.79 Å². The highest BCUT2D eigenvalue weighted by atomic mass is 35.5. The second kappa shape index (κ2) is 7.74. The van der Waals surface area contributed by atoms with Crippen LogP contribution in [-0.4, -0.2) is 36.8 Å². The third-order valence-corrected chi connectivity index (χ3v) is 3.63. The van der Waals surface area contributed by atoms with E-state index < -0.39 is 6.10 Å². The van der Waals surface area contributed by atoms with Gasteiger partial charge in [-0.2, -0.15) is 0 Å². The minimum Gasteiger partial charge on any atom is -0.438 e. The van der Waals surface area contributed by atoms with Crippen molar-refractivity contribution in [2.75, 3.05) is 19.0 Å². The number of ether oxygens (including phenoxy) is 2. The van der Waals surface area contributed by atoms with E-state index in [1.165, 1.54) is 0 Å². The molecule has 3 rings (SSSR count). The Balaban J connectivity index is 0.00000192. The summed E-state index contributed by atoms with van der Waals surface area (Å²) in [5.41, 5.74) is 7.55. The number of carbonyl (C=O) groups is 1. The summed E-state index contributed by atoms with van der Waals surface area (Å²) in [6, 6.07) is 5.32. The molecule has 2 heterocycles. The zero-order chi connectivity index (χ0) is 15.5. The molecule has 0 saturated carbocycles. The minimum atomic E-state index is -0.439. The molecule has 0 spiro atoms. The van der Waals surface area contributed by atoms with Crippen LogP contribution >= 0.6 is 12.4 Å². The monoisotopic (exact) mass is 341 g/mol. The molecule has 1 aromatic carbocycles. The number of amides is 1. The van der Waals surface area contributed by atoms with Crippen LogP contribution in [0.15, 0.2) is 22.6 Å². The van der Waals surface area contributed by atoms with E-state index in [1.54, 1.807) is 25.3 Å². The van der Waals surface area contributed by atoms with Crippen molar-refractivity contribution in [3.63, 3.8) is 0 Å². The molecule has 0 radical (unpaired) electrons. The number of nitrogens with one attached hydrogen (secondary N) is 1. The smallest absolute Gasteiger partial charge is 0.253 e. The Hall–Kier alpha value is -1.67. The first kappa shape index (κ1) is 17.7. The van der Waals surface area contributed by atoms with Crippen LogP contribution in [0.4, 0.5) is 5.69 Å². The van der Waals surface area contributed by atoms with Gasteiger partial charge in [0.1, 0.15) is 18.2 Å². The number of aromatic nitrogens is 1. The van der Waals surface area contributed by atoms with Gasteiger partial charge in [0.15, 0.2) is 5.58 Å². The maximum absolute atomic E-state index is 12.2. The second-order valence-electron chi connectivity index (χ2n) is 5.27. The number of hydrogen-bond acceptors (Lipinski definition) is 6. The minimum absolute atomic E-state index is 0. The highest BCUT2D eigenvalue weighted by Crippen LogP contribution is 2.23. The van der Waals surface area contributed by atoms with Gasteiger partial charge in [0.2, 0.25) is 5.89 Å². The first-order valence-electron chi connectivity index (χ1n) is 7.24. The lowest BCUT2D eigenvalue weighted by atomic mass is 10.2. The van der Waals surface area contributed by atoms with Crippen LogP contribution in [0.3, 0.4) is 0 Å². The van der Waals surface area contributed by atoms with E-state index in [0.717, 1.165) is 6.42 Å².